The summed E-state index contributed by atoms with van der Waals surface area (Å²) in [6.07, 6.45) is -3.18. The SMILES string of the molecule is CNc1cc(-n2nc(C)cc2Nc2cc(NC(=O)c3cc(CN(C)C)cc(C(F)(F)F)c3)ccc2Cl)ncn1. The summed E-state index contributed by atoms with van der Waals surface area (Å²) in [6, 6.07) is 11.6. The molecule has 0 bridgehead atoms. The first-order valence-electron chi connectivity index (χ1n) is 11.7. The monoisotopic (exact) mass is 558 g/mol. The highest BCUT2D eigenvalue weighted by Gasteiger charge is 2.32. The molecule has 0 aliphatic rings. The van der Waals surface area contributed by atoms with Crippen LogP contribution in [0.5, 0.6) is 0 Å². The minimum atomic E-state index is -4.59. The smallest absolute Gasteiger partial charge is 0.373 e. The largest absolute Gasteiger partial charge is 0.416 e. The molecule has 204 valence electrons. The number of carbonyl (C=O) groups excluding carboxylic acids is 1. The second-order valence-corrected chi connectivity index (χ2v) is 9.43. The quantitative estimate of drug-likeness (QED) is 0.253. The molecule has 4 aromatic rings. The van der Waals surface area contributed by atoms with Gasteiger partial charge in [0.05, 0.1) is 22.0 Å². The summed E-state index contributed by atoms with van der Waals surface area (Å²) in [5.74, 6) is 0.967. The predicted molar refractivity (Wildman–Crippen MR) is 145 cm³/mol. The first-order valence-corrected chi connectivity index (χ1v) is 12.1. The highest BCUT2D eigenvalue weighted by molar-refractivity contribution is 6.33. The third-order valence-electron chi connectivity index (χ3n) is 5.53. The first-order chi connectivity index (χ1) is 18.4. The molecule has 0 aliphatic carbocycles. The molecule has 13 heteroatoms. The van der Waals surface area contributed by atoms with Crippen molar-refractivity contribution < 1.29 is 18.0 Å². The van der Waals surface area contributed by atoms with Crippen LogP contribution in [0.1, 0.15) is 27.2 Å². The number of anilines is 4. The van der Waals surface area contributed by atoms with Crippen molar-refractivity contribution in [3.05, 3.63) is 82.3 Å². The molecule has 4 rings (SSSR count). The minimum Gasteiger partial charge on any atom is -0.373 e. The Morgan fingerprint density at radius 2 is 1.85 bits per heavy atom. The zero-order chi connectivity index (χ0) is 28.3. The summed E-state index contributed by atoms with van der Waals surface area (Å²) >= 11 is 6.42. The Bertz CT molecular complexity index is 1500. The van der Waals surface area contributed by atoms with Gasteiger partial charge in [0.1, 0.15) is 18.0 Å². The Morgan fingerprint density at radius 3 is 2.54 bits per heavy atom. The number of nitrogens with zero attached hydrogens (tertiary/aromatic N) is 5. The van der Waals surface area contributed by atoms with E-state index in [4.69, 9.17) is 11.6 Å². The number of hydrogen-bond donors (Lipinski definition) is 3. The van der Waals surface area contributed by atoms with E-state index in [1.807, 2.05) is 6.92 Å². The number of benzene rings is 2. The van der Waals surface area contributed by atoms with Crippen molar-refractivity contribution in [2.45, 2.75) is 19.6 Å². The van der Waals surface area contributed by atoms with Crippen LogP contribution in [0, 0.1) is 6.92 Å². The van der Waals surface area contributed by atoms with Gasteiger partial charge in [0, 0.05) is 37.0 Å². The van der Waals surface area contributed by atoms with E-state index >= 15 is 0 Å². The molecule has 39 heavy (non-hydrogen) atoms. The second kappa shape index (κ2) is 11.3. The van der Waals surface area contributed by atoms with Gasteiger partial charge in [-0.15, -0.1) is 0 Å². The summed E-state index contributed by atoms with van der Waals surface area (Å²) in [6.45, 7) is 2.06. The summed E-state index contributed by atoms with van der Waals surface area (Å²) < 4.78 is 42.1. The van der Waals surface area contributed by atoms with Gasteiger partial charge < -0.3 is 20.9 Å². The fourth-order valence-corrected chi connectivity index (χ4v) is 4.01. The summed E-state index contributed by atoms with van der Waals surface area (Å²) in [4.78, 5) is 23.1. The highest BCUT2D eigenvalue weighted by Crippen LogP contribution is 2.32. The Balaban J connectivity index is 1.61. The maximum Gasteiger partial charge on any atom is 0.416 e. The van der Waals surface area contributed by atoms with E-state index < -0.39 is 17.6 Å². The van der Waals surface area contributed by atoms with E-state index in [9.17, 15) is 18.0 Å². The Kier molecular flexibility index (Phi) is 8.07. The Labute approximate surface area is 228 Å². The van der Waals surface area contributed by atoms with Gasteiger partial charge >= 0.3 is 6.18 Å². The number of aromatic nitrogens is 4. The lowest BCUT2D eigenvalue weighted by Crippen LogP contribution is -2.17. The molecule has 0 saturated heterocycles. The summed E-state index contributed by atoms with van der Waals surface area (Å²) in [7, 11) is 5.21. The molecule has 1 amide bonds. The van der Waals surface area contributed by atoms with Gasteiger partial charge in [-0.3, -0.25) is 4.79 Å². The van der Waals surface area contributed by atoms with Gasteiger partial charge in [-0.25, -0.2) is 9.97 Å². The number of carbonyl (C=O) groups is 1. The van der Waals surface area contributed by atoms with Gasteiger partial charge in [0.15, 0.2) is 5.82 Å². The van der Waals surface area contributed by atoms with Crippen molar-refractivity contribution in [2.24, 2.45) is 0 Å². The van der Waals surface area contributed by atoms with E-state index in [0.717, 1.165) is 12.1 Å². The number of aryl methyl sites for hydroxylation is 1. The van der Waals surface area contributed by atoms with Crippen LogP contribution in [0.3, 0.4) is 0 Å². The lowest BCUT2D eigenvalue weighted by Gasteiger charge is -2.16. The van der Waals surface area contributed by atoms with Crippen molar-refractivity contribution in [1.82, 2.24) is 24.6 Å². The zero-order valence-electron chi connectivity index (χ0n) is 21.6. The predicted octanol–water partition coefficient (Wildman–Crippen LogP) is 5.74. The van der Waals surface area contributed by atoms with Crippen molar-refractivity contribution in [3.8, 4) is 5.82 Å². The van der Waals surface area contributed by atoms with Crippen LogP contribution in [-0.2, 0) is 12.7 Å². The molecule has 0 radical (unpaired) electrons. The van der Waals surface area contributed by atoms with Crippen molar-refractivity contribution in [1.29, 1.82) is 0 Å². The number of rotatable bonds is 8. The highest BCUT2D eigenvalue weighted by atomic mass is 35.5. The molecular formula is C26H26ClF3N8O. The molecule has 0 fully saturated rings. The molecule has 0 spiro atoms. The maximum absolute atomic E-state index is 13.5. The molecule has 0 unspecified atom stereocenters. The molecule has 0 saturated carbocycles. The molecule has 2 heterocycles. The lowest BCUT2D eigenvalue weighted by atomic mass is 10.0. The first kappa shape index (κ1) is 27.9. The topological polar surface area (TPSA) is 100 Å². The van der Waals surface area contributed by atoms with Crippen LogP contribution in [-0.4, -0.2) is 51.7 Å². The van der Waals surface area contributed by atoms with Crippen molar-refractivity contribution >= 4 is 40.5 Å². The van der Waals surface area contributed by atoms with Crippen LogP contribution < -0.4 is 16.0 Å². The third-order valence-corrected chi connectivity index (χ3v) is 5.85. The minimum absolute atomic E-state index is 0.107. The molecule has 9 nitrogen and oxygen atoms in total. The van der Waals surface area contributed by atoms with Crippen LogP contribution in [0.4, 0.5) is 36.2 Å². The van der Waals surface area contributed by atoms with E-state index in [2.05, 4.69) is 31.0 Å². The molecule has 2 aromatic heterocycles. The van der Waals surface area contributed by atoms with Crippen LogP contribution in [0.2, 0.25) is 5.02 Å². The maximum atomic E-state index is 13.5. The van der Waals surface area contributed by atoms with E-state index in [1.54, 1.807) is 61.1 Å². The Hall–Kier alpha value is -4.16. The fraction of sp³-hybridized carbons (Fsp3) is 0.231. The molecule has 0 atom stereocenters. The number of alkyl halides is 3. The lowest BCUT2D eigenvalue weighted by molar-refractivity contribution is -0.137. The van der Waals surface area contributed by atoms with Crippen LogP contribution in [0.25, 0.3) is 5.82 Å². The number of halogens is 4. The van der Waals surface area contributed by atoms with E-state index in [-0.39, 0.29) is 12.1 Å². The molecular weight excluding hydrogens is 533 g/mol. The molecule has 3 N–H and O–H groups in total. The van der Waals surface area contributed by atoms with Crippen LogP contribution in [0.15, 0.2) is 54.9 Å². The van der Waals surface area contributed by atoms with Gasteiger partial charge in [-0.05, 0) is 63.0 Å². The zero-order valence-corrected chi connectivity index (χ0v) is 22.3. The van der Waals surface area contributed by atoms with Crippen molar-refractivity contribution in [2.75, 3.05) is 37.1 Å². The second-order valence-electron chi connectivity index (χ2n) is 9.02. The van der Waals surface area contributed by atoms with E-state index in [0.29, 0.717) is 45.1 Å². The number of hydrogen-bond acceptors (Lipinski definition) is 7. The average Bonchev–Trinajstić information content (AvgIpc) is 3.24. The van der Waals surface area contributed by atoms with Gasteiger partial charge in [-0.1, -0.05) is 11.6 Å². The molecule has 0 aliphatic heterocycles. The van der Waals surface area contributed by atoms with Crippen molar-refractivity contribution in [3.63, 3.8) is 0 Å². The fourth-order valence-electron chi connectivity index (χ4n) is 3.85. The standard InChI is InChI=1S/C26H26ClF3N8O/c1-15-7-24(38(36-15)23-12-22(31-2)32-14-33-23)35-21-11-19(5-6-20(21)27)34-25(39)17-8-16(13-37(3)4)9-18(10-17)26(28,29)30/h5-12,14,35H,13H2,1-4H3,(H,34,39)(H,31,32,33). The summed E-state index contributed by atoms with van der Waals surface area (Å²) in [5, 5.41) is 13.6. The van der Waals surface area contributed by atoms with Gasteiger partial charge in [0.25, 0.3) is 5.91 Å². The third kappa shape index (κ3) is 6.84. The normalized spacial score (nSPS) is 11.5. The number of amides is 1. The van der Waals surface area contributed by atoms with E-state index in [1.165, 1.54) is 12.4 Å². The van der Waals surface area contributed by atoms with Gasteiger partial charge in [0.2, 0.25) is 0 Å². The molecule has 2 aromatic carbocycles. The van der Waals surface area contributed by atoms with Gasteiger partial charge in [-0.2, -0.15) is 23.0 Å². The number of nitrogens with one attached hydrogen (secondary N) is 3. The Morgan fingerprint density at radius 1 is 1.08 bits per heavy atom. The average molecular weight is 559 g/mol. The summed E-state index contributed by atoms with van der Waals surface area (Å²) in [5.41, 5.74) is 0.856. The van der Waals surface area contributed by atoms with Crippen LogP contribution >= 0.6 is 11.6 Å².